The van der Waals surface area contributed by atoms with Gasteiger partial charge < -0.3 is 14.2 Å². The maximum Gasteiger partial charge on any atom is 0.432 e. The topological polar surface area (TPSA) is 55.8 Å². The lowest BCUT2D eigenvalue weighted by atomic mass is 10.2. The van der Waals surface area contributed by atoms with Crippen LogP contribution in [0.1, 0.15) is 19.4 Å². The average molecular weight is 417 g/mol. The van der Waals surface area contributed by atoms with Gasteiger partial charge in [-0.05, 0) is 37.6 Å². The van der Waals surface area contributed by atoms with Gasteiger partial charge in [0.15, 0.2) is 0 Å². The fraction of sp³-hybridized carbons (Fsp3) is 0.429. The van der Waals surface area contributed by atoms with Crippen LogP contribution in [-0.4, -0.2) is 29.8 Å². The monoisotopic (exact) mass is 416 g/mol. The molecule has 0 aliphatic rings. The summed E-state index contributed by atoms with van der Waals surface area (Å²) in [4.78, 5) is 0. The second-order valence-corrected chi connectivity index (χ2v) is 7.55. The molecule has 1 rings (SSSR count). The van der Waals surface area contributed by atoms with E-state index in [1.807, 2.05) is 0 Å². The molecule has 0 heterocycles. The lowest BCUT2D eigenvalue weighted by Gasteiger charge is -2.33. The molecule has 0 bridgehead atoms. The van der Waals surface area contributed by atoms with E-state index in [0.29, 0.717) is 11.6 Å². The van der Waals surface area contributed by atoms with E-state index >= 15 is 0 Å². The Morgan fingerprint density at radius 3 is 2.04 bits per heavy atom. The van der Waals surface area contributed by atoms with Gasteiger partial charge in [0.25, 0.3) is 5.34 Å². The summed E-state index contributed by atoms with van der Waals surface area (Å²) in [6.07, 6.45) is -3.81. The van der Waals surface area contributed by atoms with Crippen molar-refractivity contribution in [2.75, 3.05) is 13.2 Å². The van der Waals surface area contributed by atoms with Crippen molar-refractivity contribution in [3.05, 3.63) is 40.4 Å². The Morgan fingerprint density at radius 2 is 1.65 bits per heavy atom. The first-order chi connectivity index (χ1) is 10.6. The van der Waals surface area contributed by atoms with E-state index < -0.39 is 19.1 Å². The SMILES string of the molecule is CCOP(=O)(OCC)C(O)(/C=C/c1ccc(Br)cc1)C(F)(F)F. The van der Waals surface area contributed by atoms with Crippen LogP contribution in [0.5, 0.6) is 0 Å². The molecule has 0 aromatic heterocycles. The van der Waals surface area contributed by atoms with Gasteiger partial charge in [-0.1, -0.05) is 34.1 Å². The summed E-state index contributed by atoms with van der Waals surface area (Å²) in [6, 6.07) is 6.31. The maximum atomic E-state index is 13.4. The zero-order chi connectivity index (χ0) is 17.7. The number of rotatable bonds is 7. The fourth-order valence-electron chi connectivity index (χ4n) is 1.70. The zero-order valence-electron chi connectivity index (χ0n) is 12.5. The molecule has 130 valence electrons. The molecule has 1 unspecified atom stereocenters. The smallest absolute Gasteiger partial charge is 0.367 e. The summed E-state index contributed by atoms with van der Waals surface area (Å²) in [5.41, 5.74) is 0.385. The van der Waals surface area contributed by atoms with E-state index in [0.717, 1.165) is 10.5 Å². The standard InChI is InChI=1S/C14H17BrF3O4P/c1-3-21-23(20,22-4-2)13(19,14(16,17)18)10-9-11-5-7-12(15)8-6-11/h5-10,19H,3-4H2,1-2H3/b10-9+. The predicted octanol–water partition coefficient (Wildman–Crippen LogP) is 4.98. The number of hydrogen-bond donors (Lipinski definition) is 1. The van der Waals surface area contributed by atoms with Crippen molar-refractivity contribution in [2.24, 2.45) is 0 Å². The van der Waals surface area contributed by atoms with E-state index in [1.54, 1.807) is 12.1 Å². The van der Waals surface area contributed by atoms with Crippen molar-refractivity contribution in [1.82, 2.24) is 0 Å². The third kappa shape index (κ3) is 4.67. The Morgan fingerprint density at radius 1 is 1.17 bits per heavy atom. The Hall–Kier alpha value is -0.660. The first-order valence-corrected chi connectivity index (χ1v) is 9.06. The highest BCUT2D eigenvalue weighted by molar-refractivity contribution is 9.10. The third-order valence-corrected chi connectivity index (χ3v) is 5.77. The van der Waals surface area contributed by atoms with E-state index in [1.165, 1.54) is 26.0 Å². The molecule has 4 nitrogen and oxygen atoms in total. The van der Waals surface area contributed by atoms with Gasteiger partial charge in [-0.25, -0.2) is 0 Å². The number of hydrogen-bond acceptors (Lipinski definition) is 4. The molecule has 0 saturated heterocycles. The molecule has 1 N–H and O–H groups in total. The highest BCUT2D eigenvalue weighted by Gasteiger charge is 2.66. The summed E-state index contributed by atoms with van der Waals surface area (Å²) >= 11 is 3.20. The summed E-state index contributed by atoms with van der Waals surface area (Å²) < 4.78 is 62.7. The van der Waals surface area contributed by atoms with Gasteiger partial charge in [-0.15, -0.1) is 0 Å². The van der Waals surface area contributed by atoms with Crippen LogP contribution in [0, 0.1) is 0 Å². The van der Waals surface area contributed by atoms with Crippen molar-refractivity contribution in [1.29, 1.82) is 0 Å². The zero-order valence-corrected chi connectivity index (χ0v) is 15.0. The molecule has 23 heavy (non-hydrogen) atoms. The average Bonchev–Trinajstić information content (AvgIpc) is 2.45. The second kappa shape index (κ2) is 7.94. The quantitative estimate of drug-likeness (QED) is 0.636. The highest BCUT2D eigenvalue weighted by Crippen LogP contribution is 2.65. The molecule has 9 heteroatoms. The van der Waals surface area contributed by atoms with Crippen molar-refractivity contribution < 1.29 is 31.9 Å². The molecule has 0 amide bonds. The van der Waals surface area contributed by atoms with Crippen molar-refractivity contribution in [3.8, 4) is 0 Å². The molecule has 0 fully saturated rings. The lowest BCUT2D eigenvalue weighted by Crippen LogP contribution is -2.44. The van der Waals surface area contributed by atoms with Gasteiger partial charge in [-0.3, -0.25) is 4.57 Å². The van der Waals surface area contributed by atoms with Gasteiger partial charge in [0.1, 0.15) is 0 Å². The van der Waals surface area contributed by atoms with E-state index in [9.17, 15) is 22.8 Å². The first-order valence-electron chi connectivity index (χ1n) is 6.72. The van der Waals surface area contributed by atoms with Crippen LogP contribution >= 0.6 is 23.5 Å². The lowest BCUT2D eigenvalue weighted by molar-refractivity contribution is -0.213. The Labute approximate surface area is 141 Å². The Balaban J connectivity index is 3.31. The molecule has 0 spiro atoms. The largest absolute Gasteiger partial charge is 0.432 e. The maximum absolute atomic E-state index is 13.4. The molecule has 1 aromatic rings. The van der Waals surface area contributed by atoms with Crippen molar-refractivity contribution in [2.45, 2.75) is 25.4 Å². The predicted molar refractivity (Wildman–Crippen MR) is 85.0 cm³/mol. The Kier molecular flexibility index (Phi) is 7.04. The van der Waals surface area contributed by atoms with Crippen LogP contribution in [0.2, 0.25) is 0 Å². The van der Waals surface area contributed by atoms with Gasteiger partial charge in [-0.2, -0.15) is 13.2 Å². The fourth-order valence-corrected chi connectivity index (χ4v) is 3.68. The minimum absolute atomic E-state index is 0.304. The molecular formula is C14H17BrF3O4P. The van der Waals surface area contributed by atoms with Crippen LogP contribution in [-0.2, 0) is 13.6 Å². The number of benzene rings is 1. The third-order valence-electron chi connectivity index (χ3n) is 2.81. The summed E-state index contributed by atoms with van der Waals surface area (Å²) in [5.74, 6) is 0. The first kappa shape index (κ1) is 20.4. The van der Waals surface area contributed by atoms with E-state index in [2.05, 4.69) is 25.0 Å². The summed E-state index contributed by atoms with van der Waals surface area (Å²) in [5, 5.41) is 6.37. The molecule has 0 radical (unpaired) electrons. The number of alkyl halides is 3. The summed E-state index contributed by atoms with van der Waals surface area (Å²) in [7, 11) is -4.87. The van der Waals surface area contributed by atoms with Crippen LogP contribution in [0.4, 0.5) is 13.2 Å². The van der Waals surface area contributed by atoms with Crippen molar-refractivity contribution in [3.63, 3.8) is 0 Å². The van der Waals surface area contributed by atoms with E-state index in [-0.39, 0.29) is 13.2 Å². The van der Waals surface area contributed by atoms with Gasteiger partial charge >= 0.3 is 13.8 Å². The van der Waals surface area contributed by atoms with Gasteiger partial charge in [0.2, 0.25) is 0 Å². The number of aliphatic hydroxyl groups is 1. The van der Waals surface area contributed by atoms with Crippen LogP contribution in [0.15, 0.2) is 34.8 Å². The normalized spacial score (nSPS) is 15.8. The minimum atomic E-state index is -5.24. The molecule has 0 saturated carbocycles. The van der Waals surface area contributed by atoms with Crippen molar-refractivity contribution >= 4 is 29.6 Å². The van der Waals surface area contributed by atoms with E-state index in [4.69, 9.17) is 0 Å². The second-order valence-electron chi connectivity index (χ2n) is 4.44. The highest BCUT2D eigenvalue weighted by atomic mass is 79.9. The van der Waals surface area contributed by atoms with Gasteiger partial charge in [0, 0.05) is 4.47 Å². The number of halogens is 4. The van der Waals surface area contributed by atoms with Gasteiger partial charge in [0.05, 0.1) is 13.2 Å². The molecular weight excluding hydrogens is 400 g/mol. The summed E-state index contributed by atoms with van der Waals surface area (Å²) in [6.45, 7) is 2.12. The van der Waals surface area contributed by atoms with Crippen LogP contribution < -0.4 is 0 Å². The molecule has 0 aliphatic carbocycles. The van der Waals surface area contributed by atoms with Crippen LogP contribution in [0.25, 0.3) is 6.08 Å². The molecule has 0 aliphatic heterocycles. The molecule has 1 aromatic carbocycles. The minimum Gasteiger partial charge on any atom is -0.367 e. The molecule has 1 atom stereocenters. The Bertz CT molecular complexity index is 579. The van der Waals surface area contributed by atoms with Crippen LogP contribution in [0.3, 0.4) is 0 Å².